The normalized spacial score (nSPS) is 10.2. The van der Waals surface area contributed by atoms with E-state index in [0.29, 0.717) is 0 Å². The van der Waals surface area contributed by atoms with Gasteiger partial charge in [-0.15, -0.1) is 0 Å². The summed E-state index contributed by atoms with van der Waals surface area (Å²) in [5.41, 5.74) is 9.46. The summed E-state index contributed by atoms with van der Waals surface area (Å²) in [6, 6.07) is 15.4. The SMILES string of the molecule is Nc1cccc(-c2ccccc2CO)c1. The van der Waals surface area contributed by atoms with Crippen LogP contribution in [0.5, 0.6) is 0 Å². The zero-order valence-electron chi connectivity index (χ0n) is 8.35. The molecule has 0 aliphatic rings. The van der Waals surface area contributed by atoms with Crippen LogP contribution in [0, 0.1) is 0 Å². The fourth-order valence-electron chi connectivity index (χ4n) is 1.65. The van der Waals surface area contributed by atoms with Crippen molar-refractivity contribution in [3.63, 3.8) is 0 Å². The van der Waals surface area contributed by atoms with Gasteiger partial charge in [-0.2, -0.15) is 0 Å². The Kier molecular flexibility index (Phi) is 2.70. The number of hydrogen-bond donors (Lipinski definition) is 2. The van der Waals surface area contributed by atoms with Crippen LogP contribution in [-0.4, -0.2) is 5.11 Å². The molecule has 0 amide bonds. The van der Waals surface area contributed by atoms with Gasteiger partial charge >= 0.3 is 0 Å². The molecule has 2 heteroatoms. The number of aliphatic hydroxyl groups excluding tert-OH is 1. The Labute approximate surface area is 89.0 Å². The predicted molar refractivity (Wildman–Crippen MR) is 62.2 cm³/mol. The van der Waals surface area contributed by atoms with E-state index in [9.17, 15) is 5.11 Å². The minimum Gasteiger partial charge on any atom is -0.399 e. The van der Waals surface area contributed by atoms with E-state index < -0.39 is 0 Å². The van der Waals surface area contributed by atoms with Crippen LogP contribution in [0.2, 0.25) is 0 Å². The first-order valence-corrected chi connectivity index (χ1v) is 4.86. The van der Waals surface area contributed by atoms with Crippen molar-refractivity contribution in [2.75, 3.05) is 5.73 Å². The van der Waals surface area contributed by atoms with Gasteiger partial charge in [-0.1, -0.05) is 36.4 Å². The molecule has 0 aromatic heterocycles. The molecular formula is C13H13NO. The van der Waals surface area contributed by atoms with Crippen LogP contribution < -0.4 is 5.73 Å². The lowest BCUT2D eigenvalue weighted by atomic mass is 10.00. The van der Waals surface area contributed by atoms with Crippen molar-refractivity contribution >= 4 is 5.69 Å². The van der Waals surface area contributed by atoms with Gasteiger partial charge in [-0.05, 0) is 28.8 Å². The standard InChI is InChI=1S/C13H13NO/c14-12-6-3-5-10(8-12)13-7-2-1-4-11(13)9-15/h1-8,15H,9,14H2. The third-order valence-corrected chi connectivity index (χ3v) is 2.39. The van der Waals surface area contributed by atoms with E-state index in [4.69, 9.17) is 5.73 Å². The number of benzene rings is 2. The summed E-state index contributed by atoms with van der Waals surface area (Å²) in [5, 5.41) is 9.22. The molecule has 15 heavy (non-hydrogen) atoms. The Morgan fingerprint density at radius 3 is 2.53 bits per heavy atom. The van der Waals surface area contributed by atoms with Crippen molar-refractivity contribution in [1.29, 1.82) is 0 Å². The first kappa shape index (κ1) is 9.74. The third kappa shape index (κ3) is 2.00. The summed E-state index contributed by atoms with van der Waals surface area (Å²) in [4.78, 5) is 0. The molecule has 0 aliphatic carbocycles. The minimum atomic E-state index is 0.0466. The molecule has 2 nitrogen and oxygen atoms in total. The van der Waals surface area contributed by atoms with Crippen LogP contribution in [0.1, 0.15) is 5.56 Å². The first-order valence-electron chi connectivity index (χ1n) is 4.86. The van der Waals surface area contributed by atoms with Crippen molar-refractivity contribution < 1.29 is 5.11 Å². The number of aliphatic hydroxyl groups is 1. The average molecular weight is 199 g/mol. The molecule has 0 bridgehead atoms. The van der Waals surface area contributed by atoms with Crippen molar-refractivity contribution in [2.45, 2.75) is 6.61 Å². The van der Waals surface area contributed by atoms with Crippen LogP contribution >= 0.6 is 0 Å². The maximum absolute atomic E-state index is 9.22. The number of nitrogens with two attached hydrogens (primary N) is 1. The molecule has 0 radical (unpaired) electrons. The second-order valence-corrected chi connectivity index (χ2v) is 3.44. The highest BCUT2D eigenvalue weighted by Gasteiger charge is 2.02. The fraction of sp³-hybridized carbons (Fsp3) is 0.0769. The van der Waals surface area contributed by atoms with Gasteiger partial charge in [0.15, 0.2) is 0 Å². The monoisotopic (exact) mass is 199 g/mol. The Morgan fingerprint density at radius 1 is 1.00 bits per heavy atom. The van der Waals surface area contributed by atoms with Crippen LogP contribution in [0.3, 0.4) is 0 Å². The fourth-order valence-corrected chi connectivity index (χ4v) is 1.65. The zero-order chi connectivity index (χ0) is 10.7. The second-order valence-electron chi connectivity index (χ2n) is 3.44. The molecule has 0 spiro atoms. The zero-order valence-corrected chi connectivity index (χ0v) is 8.35. The lowest BCUT2D eigenvalue weighted by Gasteiger charge is -2.07. The largest absolute Gasteiger partial charge is 0.399 e. The molecule has 2 rings (SSSR count). The van der Waals surface area contributed by atoms with Crippen LogP contribution in [0.15, 0.2) is 48.5 Å². The molecule has 0 saturated heterocycles. The quantitative estimate of drug-likeness (QED) is 0.730. The van der Waals surface area contributed by atoms with Crippen LogP contribution in [-0.2, 0) is 6.61 Å². The summed E-state index contributed by atoms with van der Waals surface area (Å²) in [7, 11) is 0. The average Bonchev–Trinajstić information content (AvgIpc) is 2.29. The molecule has 0 saturated carbocycles. The van der Waals surface area contributed by atoms with Gasteiger partial charge in [-0.3, -0.25) is 0 Å². The van der Waals surface area contributed by atoms with Crippen LogP contribution in [0.4, 0.5) is 5.69 Å². The highest BCUT2D eigenvalue weighted by atomic mass is 16.3. The highest BCUT2D eigenvalue weighted by Crippen LogP contribution is 2.24. The van der Waals surface area contributed by atoms with Crippen molar-refractivity contribution in [3.8, 4) is 11.1 Å². The van der Waals surface area contributed by atoms with E-state index in [0.717, 1.165) is 22.4 Å². The maximum Gasteiger partial charge on any atom is 0.0687 e. The molecule has 0 heterocycles. The van der Waals surface area contributed by atoms with Crippen molar-refractivity contribution in [3.05, 3.63) is 54.1 Å². The maximum atomic E-state index is 9.22. The van der Waals surface area contributed by atoms with E-state index in [2.05, 4.69) is 0 Å². The molecule has 0 aliphatic heterocycles. The lowest BCUT2D eigenvalue weighted by Crippen LogP contribution is -1.90. The molecule has 0 atom stereocenters. The highest BCUT2D eigenvalue weighted by molar-refractivity contribution is 5.70. The smallest absolute Gasteiger partial charge is 0.0687 e. The van der Waals surface area contributed by atoms with Gasteiger partial charge in [0, 0.05) is 5.69 Å². The Hall–Kier alpha value is -1.80. The summed E-state index contributed by atoms with van der Waals surface area (Å²) >= 11 is 0. The molecule has 3 N–H and O–H groups in total. The van der Waals surface area contributed by atoms with Crippen molar-refractivity contribution in [1.82, 2.24) is 0 Å². The summed E-state index contributed by atoms with van der Waals surface area (Å²) in [5.74, 6) is 0. The van der Waals surface area contributed by atoms with E-state index in [1.165, 1.54) is 0 Å². The molecule has 0 unspecified atom stereocenters. The molecule has 76 valence electrons. The number of anilines is 1. The van der Waals surface area contributed by atoms with E-state index in [1.54, 1.807) is 0 Å². The van der Waals surface area contributed by atoms with E-state index >= 15 is 0 Å². The summed E-state index contributed by atoms with van der Waals surface area (Å²) < 4.78 is 0. The number of hydrogen-bond acceptors (Lipinski definition) is 2. The van der Waals surface area contributed by atoms with Gasteiger partial charge in [0.25, 0.3) is 0 Å². The number of nitrogen functional groups attached to an aromatic ring is 1. The Balaban J connectivity index is 2.53. The third-order valence-electron chi connectivity index (χ3n) is 2.39. The Bertz CT molecular complexity index is 466. The van der Waals surface area contributed by atoms with Crippen LogP contribution in [0.25, 0.3) is 11.1 Å². The molecule has 2 aromatic carbocycles. The summed E-state index contributed by atoms with van der Waals surface area (Å²) in [6.45, 7) is 0.0466. The first-order chi connectivity index (χ1) is 7.31. The van der Waals surface area contributed by atoms with Gasteiger partial charge in [0.1, 0.15) is 0 Å². The Morgan fingerprint density at radius 2 is 1.80 bits per heavy atom. The van der Waals surface area contributed by atoms with Crippen molar-refractivity contribution in [2.24, 2.45) is 0 Å². The molecular weight excluding hydrogens is 186 g/mol. The predicted octanol–water partition coefficient (Wildman–Crippen LogP) is 2.43. The number of rotatable bonds is 2. The van der Waals surface area contributed by atoms with E-state index in [1.807, 2.05) is 48.5 Å². The minimum absolute atomic E-state index is 0.0466. The topological polar surface area (TPSA) is 46.2 Å². The van der Waals surface area contributed by atoms with Gasteiger partial charge in [0.05, 0.1) is 6.61 Å². The molecule has 2 aromatic rings. The summed E-state index contributed by atoms with van der Waals surface area (Å²) in [6.07, 6.45) is 0. The second kappa shape index (κ2) is 4.15. The van der Waals surface area contributed by atoms with Gasteiger partial charge < -0.3 is 10.8 Å². The van der Waals surface area contributed by atoms with Gasteiger partial charge in [0.2, 0.25) is 0 Å². The van der Waals surface area contributed by atoms with E-state index in [-0.39, 0.29) is 6.61 Å². The lowest BCUT2D eigenvalue weighted by molar-refractivity contribution is 0.282. The molecule has 0 fully saturated rings. The van der Waals surface area contributed by atoms with Gasteiger partial charge in [-0.25, -0.2) is 0 Å².